The Morgan fingerprint density at radius 1 is 1.20 bits per heavy atom. The number of alkyl halides is 4. The molecule has 7 heteroatoms. The van der Waals surface area contributed by atoms with E-state index in [9.17, 15) is 22.4 Å². The molecule has 3 nitrogen and oxygen atoms in total. The summed E-state index contributed by atoms with van der Waals surface area (Å²) in [7, 11) is 0. The Bertz CT molecular complexity index is 251. The molecule has 0 radical (unpaired) electrons. The highest BCUT2D eigenvalue weighted by Crippen LogP contribution is 2.33. The standard InChI is InChI=1S/C8H11F4NO2/c1-5(2)6(14)13-3-7(9,10)15-8(11,12)4-13/h5H,3-4H2,1-2H3. The van der Waals surface area contributed by atoms with Crippen LogP contribution in [0.25, 0.3) is 0 Å². The molecule has 0 atom stereocenters. The Balaban J connectivity index is 2.80. The summed E-state index contributed by atoms with van der Waals surface area (Å²) < 4.78 is 54.0. The van der Waals surface area contributed by atoms with Crippen molar-refractivity contribution in [2.75, 3.05) is 13.1 Å². The third-order valence-corrected chi connectivity index (χ3v) is 1.85. The first-order chi connectivity index (χ1) is 6.63. The average molecular weight is 229 g/mol. The van der Waals surface area contributed by atoms with E-state index in [0.29, 0.717) is 4.90 Å². The summed E-state index contributed by atoms with van der Waals surface area (Å²) in [6.07, 6.45) is -7.99. The van der Waals surface area contributed by atoms with Gasteiger partial charge in [0.25, 0.3) is 0 Å². The molecule has 1 fully saturated rings. The van der Waals surface area contributed by atoms with E-state index in [-0.39, 0.29) is 0 Å². The van der Waals surface area contributed by atoms with Gasteiger partial charge in [-0.1, -0.05) is 13.8 Å². The molecule has 1 amide bonds. The average Bonchev–Trinajstić information content (AvgIpc) is 1.96. The molecule has 1 heterocycles. The van der Waals surface area contributed by atoms with Crippen LogP contribution in [0.15, 0.2) is 0 Å². The minimum Gasteiger partial charge on any atom is -0.325 e. The zero-order valence-electron chi connectivity index (χ0n) is 8.27. The molecule has 0 aliphatic carbocycles. The normalized spacial score (nSPS) is 24.3. The molecule has 0 spiro atoms. The maximum atomic E-state index is 12.7. The summed E-state index contributed by atoms with van der Waals surface area (Å²) >= 11 is 0. The molecule has 15 heavy (non-hydrogen) atoms. The molecule has 1 aliphatic heterocycles. The minimum atomic E-state index is -3.99. The number of halogens is 4. The lowest BCUT2D eigenvalue weighted by atomic mass is 10.2. The smallest absolute Gasteiger partial charge is 0.325 e. The highest BCUT2D eigenvalue weighted by atomic mass is 19.3. The maximum Gasteiger partial charge on any atom is 0.377 e. The third kappa shape index (κ3) is 3.05. The summed E-state index contributed by atoms with van der Waals surface area (Å²) in [6, 6.07) is 0. The number of ether oxygens (including phenoxy) is 1. The number of hydrogen-bond donors (Lipinski definition) is 0. The lowest BCUT2D eigenvalue weighted by Gasteiger charge is -2.37. The molecular formula is C8H11F4NO2. The number of hydrogen-bond acceptors (Lipinski definition) is 2. The van der Waals surface area contributed by atoms with Crippen molar-refractivity contribution in [1.82, 2.24) is 4.90 Å². The van der Waals surface area contributed by atoms with E-state index in [0.717, 1.165) is 0 Å². The number of carbonyl (C=O) groups excluding carboxylic acids is 1. The summed E-state index contributed by atoms with van der Waals surface area (Å²) in [4.78, 5) is 11.7. The van der Waals surface area contributed by atoms with Gasteiger partial charge < -0.3 is 4.90 Å². The number of morpholine rings is 1. The largest absolute Gasteiger partial charge is 0.377 e. The molecule has 0 unspecified atom stereocenters. The van der Waals surface area contributed by atoms with Gasteiger partial charge >= 0.3 is 12.2 Å². The third-order valence-electron chi connectivity index (χ3n) is 1.85. The van der Waals surface area contributed by atoms with Gasteiger partial charge in [0.2, 0.25) is 5.91 Å². The Labute approximate surface area is 84.0 Å². The molecule has 1 aliphatic rings. The molecule has 0 saturated carbocycles. The van der Waals surface area contributed by atoms with Crippen molar-refractivity contribution in [2.45, 2.75) is 26.1 Å². The fourth-order valence-corrected chi connectivity index (χ4v) is 1.30. The van der Waals surface area contributed by atoms with Crippen LogP contribution in [0, 0.1) is 5.92 Å². The second-order valence-electron chi connectivity index (χ2n) is 3.73. The van der Waals surface area contributed by atoms with Crippen molar-refractivity contribution in [3.63, 3.8) is 0 Å². The van der Waals surface area contributed by atoms with Crippen LogP contribution in [0.1, 0.15) is 13.8 Å². The molecule has 1 saturated heterocycles. The number of nitrogens with zero attached hydrogens (tertiary/aromatic N) is 1. The van der Waals surface area contributed by atoms with Crippen molar-refractivity contribution in [2.24, 2.45) is 5.92 Å². The van der Waals surface area contributed by atoms with Crippen LogP contribution in [-0.2, 0) is 9.53 Å². The summed E-state index contributed by atoms with van der Waals surface area (Å²) in [5, 5.41) is 0. The van der Waals surface area contributed by atoms with Gasteiger partial charge in [0.15, 0.2) is 0 Å². The van der Waals surface area contributed by atoms with Crippen LogP contribution >= 0.6 is 0 Å². The first-order valence-corrected chi connectivity index (χ1v) is 4.37. The van der Waals surface area contributed by atoms with Gasteiger partial charge in [-0.15, -0.1) is 0 Å². The van der Waals surface area contributed by atoms with E-state index in [4.69, 9.17) is 0 Å². The van der Waals surface area contributed by atoms with Crippen molar-refractivity contribution in [3.8, 4) is 0 Å². The Morgan fingerprint density at radius 2 is 1.60 bits per heavy atom. The highest BCUT2D eigenvalue weighted by Gasteiger charge is 2.52. The van der Waals surface area contributed by atoms with Crippen LogP contribution in [0.5, 0.6) is 0 Å². The lowest BCUT2D eigenvalue weighted by molar-refractivity contribution is -0.401. The van der Waals surface area contributed by atoms with Gasteiger partial charge in [0.1, 0.15) is 13.1 Å². The van der Waals surface area contributed by atoms with Crippen molar-refractivity contribution < 1.29 is 27.1 Å². The second-order valence-corrected chi connectivity index (χ2v) is 3.73. The Kier molecular flexibility index (Phi) is 2.95. The molecular weight excluding hydrogens is 218 g/mol. The number of rotatable bonds is 1. The van der Waals surface area contributed by atoms with Crippen LogP contribution < -0.4 is 0 Å². The lowest BCUT2D eigenvalue weighted by Crippen LogP contribution is -2.57. The molecule has 0 N–H and O–H groups in total. The van der Waals surface area contributed by atoms with Crippen LogP contribution in [-0.4, -0.2) is 36.1 Å². The fourth-order valence-electron chi connectivity index (χ4n) is 1.30. The molecule has 0 aromatic carbocycles. The quantitative estimate of drug-likeness (QED) is 0.640. The molecule has 88 valence electrons. The second kappa shape index (κ2) is 3.62. The van der Waals surface area contributed by atoms with Crippen LogP contribution in [0.2, 0.25) is 0 Å². The minimum absolute atomic E-state index is 0.425. The monoisotopic (exact) mass is 229 g/mol. The van der Waals surface area contributed by atoms with E-state index < -0.39 is 37.1 Å². The van der Waals surface area contributed by atoms with Gasteiger partial charge in [-0.25, -0.2) is 0 Å². The number of carbonyl (C=O) groups is 1. The highest BCUT2D eigenvalue weighted by molar-refractivity contribution is 5.78. The molecule has 0 bridgehead atoms. The zero-order chi connectivity index (χ0) is 11.9. The van der Waals surface area contributed by atoms with Crippen molar-refractivity contribution in [3.05, 3.63) is 0 Å². The van der Waals surface area contributed by atoms with E-state index in [1.807, 2.05) is 0 Å². The van der Waals surface area contributed by atoms with Crippen molar-refractivity contribution >= 4 is 5.91 Å². The zero-order valence-corrected chi connectivity index (χ0v) is 8.27. The van der Waals surface area contributed by atoms with Gasteiger partial charge in [-0.2, -0.15) is 17.6 Å². The summed E-state index contributed by atoms with van der Waals surface area (Å²) in [5.74, 6) is -1.34. The Morgan fingerprint density at radius 3 is 1.93 bits per heavy atom. The van der Waals surface area contributed by atoms with Crippen LogP contribution in [0.4, 0.5) is 17.6 Å². The first-order valence-electron chi connectivity index (χ1n) is 4.37. The van der Waals surface area contributed by atoms with Gasteiger partial charge in [-0.3, -0.25) is 9.53 Å². The number of amides is 1. The first kappa shape index (κ1) is 12.2. The van der Waals surface area contributed by atoms with E-state index in [1.54, 1.807) is 0 Å². The SMILES string of the molecule is CC(C)C(=O)N1CC(F)(F)OC(F)(F)C1. The van der Waals surface area contributed by atoms with Crippen molar-refractivity contribution in [1.29, 1.82) is 0 Å². The predicted octanol–water partition coefficient (Wildman–Crippen LogP) is 1.69. The van der Waals surface area contributed by atoms with E-state index in [1.165, 1.54) is 13.8 Å². The van der Waals surface area contributed by atoms with Gasteiger partial charge in [-0.05, 0) is 0 Å². The molecule has 0 aromatic heterocycles. The summed E-state index contributed by atoms with van der Waals surface area (Å²) in [6.45, 7) is 0.654. The molecule has 0 aromatic rings. The Hall–Kier alpha value is -0.850. The maximum absolute atomic E-state index is 12.7. The van der Waals surface area contributed by atoms with E-state index >= 15 is 0 Å². The molecule has 1 rings (SSSR count). The summed E-state index contributed by atoms with van der Waals surface area (Å²) in [5.41, 5.74) is 0. The van der Waals surface area contributed by atoms with Gasteiger partial charge in [0.05, 0.1) is 0 Å². The topological polar surface area (TPSA) is 29.5 Å². The van der Waals surface area contributed by atoms with Gasteiger partial charge in [0, 0.05) is 5.92 Å². The van der Waals surface area contributed by atoms with E-state index in [2.05, 4.69) is 4.74 Å². The predicted molar refractivity (Wildman–Crippen MR) is 42.4 cm³/mol. The fraction of sp³-hybridized carbons (Fsp3) is 0.875. The van der Waals surface area contributed by atoms with Crippen LogP contribution in [0.3, 0.4) is 0 Å².